The minimum atomic E-state index is -3.93. The summed E-state index contributed by atoms with van der Waals surface area (Å²) in [4.78, 5) is 17.2. The number of amides is 1. The zero-order valence-electron chi connectivity index (χ0n) is 21.1. The molecule has 1 atom stereocenters. The van der Waals surface area contributed by atoms with Crippen LogP contribution in [0.25, 0.3) is 10.8 Å². The lowest BCUT2D eigenvalue weighted by Gasteiger charge is -2.38. The molecule has 192 valence electrons. The summed E-state index contributed by atoms with van der Waals surface area (Å²) >= 11 is 1.70. The number of carbonyl (C=O) groups excluding carboxylic acids is 1. The minimum absolute atomic E-state index is 0.213. The normalized spacial score (nSPS) is 15.8. The van der Waals surface area contributed by atoms with Crippen molar-refractivity contribution < 1.29 is 17.9 Å². The van der Waals surface area contributed by atoms with Crippen LogP contribution >= 0.6 is 11.3 Å². The van der Waals surface area contributed by atoms with E-state index in [0.717, 1.165) is 28.7 Å². The smallest absolute Gasteiger partial charge is 0.244 e. The zero-order chi connectivity index (χ0) is 26.2. The van der Waals surface area contributed by atoms with Gasteiger partial charge in [0, 0.05) is 22.8 Å². The average Bonchev–Trinajstić information content (AvgIpc) is 3.39. The van der Waals surface area contributed by atoms with Crippen molar-refractivity contribution in [2.45, 2.75) is 37.2 Å². The lowest BCUT2D eigenvalue weighted by atomic mass is 9.93. The third-order valence-corrected chi connectivity index (χ3v) is 10.00. The summed E-state index contributed by atoms with van der Waals surface area (Å²) < 4.78 is 34.5. The van der Waals surface area contributed by atoms with Gasteiger partial charge in [-0.3, -0.25) is 4.79 Å². The number of benzene rings is 3. The van der Waals surface area contributed by atoms with Crippen LogP contribution in [0.15, 0.2) is 83.1 Å². The van der Waals surface area contributed by atoms with Gasteiger partial charge < -0.3 is 9.64 Å². The van der Waals surface area contributed by atoms with E-state index < -0.39 is 16.1 Å². The number of ether oxygens (including phenoxy) is 1. The summed E-state index contributed by atoms with van der Waals surface area (Å²) in [5.41, 5.74) is 2.07. The van der Waals surface area contributed by atoms with E-state index in [2.05, 4.69) is 11.4 Å². The van der Waals surface area contributed by atoms with Crippen molar-refractivity contribution in [3.05, 3.63) is 94.2 Å². The van der Waals surface area contributed by atoms with Gasteiger partial charge in [0.2, 0.25) is 15.9 Å². The van der Waals surface area contributed by atoms with Crippen molar-refractivity contribution in [3.63, 3.8) is 0 Å². The van der Waals surface area contributed by atoms with Gasteiger partial charge in [-0.2, -0.15) is 4.31 Å². The van der Waals surface area contributed by atoms with E-state index in [0.29, 0.717) is 11.9 Å². The maximum atomic E-state index is 13.9. The number of rotatable bonds is 7. The highest BCUT2D eigenvalue weighted by molar-refractivity contribution is 7.89. The molecule has 1 amide bonds. The fourth-order valence-corrected chi connectivity index (χ4v) is 7.75. The Labute approximate surface area is 222 Å². The molecule has 8 heteroatoms. The molecule has 0 bridgehead atoms. The Kier molecular flexibility index (Phi) is 7.07. The van der Waals surface area contributed by atoms with Crippen molar-refractivity contribution in [1.82, 2.24) is 9.21 Å². The number of carbonyl (C=O) groups is 1. The summed E-state index contributed by atoms with van der Waals surface area (Å²) in [6.07, 6.45) is 0.753. The summed E-state index contributed by atoms with van der Waals surface area (Å²) in [5.74, 6) is 0.533. The largest absolute Gasteiger partial charge is 0.497 e. The van der Waals surface area contributed by atoms with Crippen LogP contribution in [0.1, 0.15) is 35.9 Å². The molecule has 1 aliphatic rings. The van der Waals surface area contributed by atoms with Gasteiger partial charge in [-0.15, -0.1) is 11.3 Å². The minimum Gasteiger partial charge on any atom is -0.497 e. The van der Waals surface area contributed by atoms with E-state index in [1.807, 2.05) is 73.3 Å². The Balaban J connectivity index is 1.50. The van der Waals surface area contributed by atoms with E-state index in [1.165, 1.54) is 9.18 Å². The lowest BCUT2D eigenvalue weighted by Crippen LogP contribution is -2.48. The highest BCUT2D eigenvalue weighted by Crippen LogP contribution is 2.38. The topological polar surface area (TPSA) is 66.9 Å². The fourth-order valence-electron chi connectivity index (χ4n) is 5.05. The SMILES string of the molecule is COc1ccc([C@@H]2c3ccsc3CCN2C(=O)CN(C(C)C)S(=O)(=O)c2cccc3ccccc23)cc1. The van der Waals surface area contributed by atoms with Crippen LogP contribution in [0.2, 0.25) is 0 Å². The molecule has 37 heavy (non-hydrogen) atoms. The molecule has 0 saturated carbocycles. The lowest BCUT2D eigenvalue weighted by molar-refractivity contribution is -0.133. The quantitative estimate of drug-likeness (QED) is 0.315. The van der Waals surface area contributed by atoms with Crippen LogP contribution in [-0.4, -0.2) is 49.8 Å². The summed E-state index contributed by atoms with van der Waals surface area (Å²) in [6, 6.07) is 21.8. The third kappa shape index (κ3) is 4.77. The predicted molar refractivity (Wildman–Crippen MR) is 148 cm³/mol. The number of methoxy groups -OCH3 is 1. The molecular formula is C29H30N2O4S2. The first kappa shape index (κ1) is 25.4. The van der Waals surface area contributed by atoms with Crippen molar-refractivity contribution in [1.29, 1.82) is 0 Å². The van der Waals surface area contributed by atoms with Crippen molar-refractivity contribution in [3.8, 4) is 5.75 Å². The van der Waals surface area contributed by atoms with Crippen LogP contribution < -0.4 is 4.74 Å². The van der Waals surface area contributed by atoms with E-state index in [9.17, 15) is 13.2 Å². The highest BCUT2D eigenvalue weighted by Gasteiger charge is 2.37. The van der Waals surface area contributed by atoms with Crippen molar-refractivity contribution in [2.24, 2.45) is 0 Å². The molecule has 0 saturated heterocycles. The van der Waals surface area contributed by atoms with Crippen LogP contribution in [0, 0.1) is 0 Å². The predicted octanol–water partition coefficient (Wildman–Crippen LogP) is 5.48. The van der Waals surface area contributed by atoms with Crippen LogP contribution in [0.4, 0.5) is 0 Å². The Morgan fingerprint density at radius 3 is 2.51 bits per heavy atom. The molecule has 0 fully saturated rings. The summed E-state index contributed by atoms with van der Waals surface area (Å²) in [6.45, 7) is 3.92. The van der Waals surface area contributed by atoms with Gasteiger partial charge in [-0.05, 0) is 66.4 Å². The van der Waals surface area contributed by atoms with Crippen molar-refractivity contribution in [2.75, 3.05) is 20.2 Å². The fraction of sp³-hybridized carbons (Fsp3) is 0.276. The number of sulfonamides is 1. The van der Waals surface area contributed by atoms with Gasteiger partial charge in [0.05, 0.1) is 24.6 Å². The molecule has 1 aromatic heterocycles. The first-order chi connectivity index (χ1) is 17.8. The Hall–Kier alpha value is -3.20. The summed E-state index contributed by atoms with van der Waals surface area (Å²) in [7, 11) is -2.31. The second-order valence-electron chi connectivity index (χ2n) is 9.43. The number of nitrogens with zero attached hydrogens (tertiary/aromatic N) is 2. The zero-order valence-corrected chi connectivity index (χ0v) is 22.8. The molecular weight excluding hydrogens is 504 g/mol. The molecule has 1 aliphatic heterocycles. The Bertz CT molecular complexity index is 1520. The van der Waals surface area contributed by atoms with E-state index in [4.69, 9.17) is 4.74 Å². The maximum Gasteiger partial charge on any atom is 0.244 e. The molecule has 5 rings (SSSR count). The van der Waals surface area contributed by atoms with Crippen LogP contribution in [0.5, 0.6) is 5.75 Å². The van der Waals surface area contributed by atoms with Gasteiger partial charge in [-0.25, -0.2) is 8.42 Å². The maximum absolute atomic E-state index is 13.9. The molecule has 2 heterocycles. The molecule has 0 radical (unpaired) electrons. The van der Waals surface area contributed by atoms with Gasteiger partial charge in [0.25, 0.3) is 0 Å². The first-order valence-corrected chi connectivity index (χ1v) is 14.6. The second kappa shape index (κ2) is 10.3. The Morgan fingerprint density at radius 2 is 1.78 bits per heavy atom. The molecule has 0 aliphatic carbocycles. The monoisotopic (exact) mass is 534 g/mol. The van der Waals surface area contributed by atoms with E-state index >= 15 is 0 Å². The highest BCUT2D eigenvalue weighted by atomic mass is 32.2. The van der Waals surface area contributed by atoms with Gasteiger partial charge in [0.1, 0.15) is 5.75 Å². The van der Waals surface area contributed by atoms with Gasteiger partial charge in [0.15, 0.2) is 0 Å². The van der Waals surface area contributed by atoms with Gasteiger partial charge in [-0.1, -0.05) is 48.5 Å². The molecule has 0 spiro atoms. The Morgan fingerprint density at radius 1 is 1.05 bits per heavy atom. The number of fused-ring (bicyclic) bond motifs is 2. The summed E-state index contributed by atoms with van der Waals surface area (Å²) in [5, 5.41) is 3.56. The van der Waals surface area contributed by atoms with E-state index in [1.54, 1.807) is 30.6 Å². The average molecular weight is 535 g/mol. The first-order valence-electron chi connectivity index (χ1n) is 12.3. The standard InChI is InChI=1S/C29H30N2O4S2/c1-20(2)31(37(33,34)27-10-6-8-21-7-4-5-9-24(21)27)19-28(32)30-17-15-26-25(16-18-36-26)29(30)22-11-13-23(35-3)14-12-22/h4-14,16,18,20,29H,15,17,19H2,1-3H3/t29-/m1/s1. The van der Waals surface area contributed by atoms with Crippen molar-refractivity contribution >= 4 is 38.0 Å². The number of thiophene rings is 1. The van der Waals surface area contributed by atoms with E-state index in [-0.39, 0.29) is 23.4 Å². The number of hydrogen-bond acceptors (Lipinski definition) is 5. The molecule has 4 aromatic rings. The molecule has 6 nitrogen and oxygen atoms in total. The van der Waals surface area contributed by atoms with Crippen LogP contribution in [-0.2, 0) is 21.2 Å². The molecule has 0 unspecified atom stereocenters. The van der Waals surface area contributed by atoms with Gasteiger partial charge >= 0.3 is 0 Å². The second-order valence-corrected chi connectivity index (χ2v) is 12.3. The third-order valence-electron chi connectivity index (χ3n) is 6.92. The molecule has 3 aromatic carbocycles. The molecule has 0 N–H and O–H groups in total. The number of hydrogen-bond donors (Lipinski definition) is 0. The van der Waals surface area contributed by atoms with Crippen LogP contribution in [0.3, 0.4) is 0 Å².